The van der Waals surface area contributed by atoms with E-state index in [4.69, 9.17) is 19.3 Å². The van der Waals surface area contributed by atoms with Crippen LogP contribution < -0.4 is 0 Å². The monoisotopic (exact) mass is 244 g/mol. The fourth-order valence-corrected chi connectivity index (χ4v) is 1.98. The van der Waals surface area contributed by atoms with Gasteiger partial charge in [-0.1, -0.05) is 0 Å². The Morgan fingerprint density at radius 3 is 2.47 bits per heavy atom. The molecule has 0 aromatic carbocycles. The van der Waals surface area contributed by atoms with Gasteiger partial charge in [-0.15, -0.1) is 0 Å². The van der Waals surface area contributed by atoms with Crippen molar-refractivity contribution in [1.82, 2.24) is 0 Å². The van der Waals surface area contributed by atoms with Gasteiger partial charge in [0.25, 0.3) is 0 Å². The number of carbonyl (C=O) groups is 2. The highest BCUT2D eigenvalue weighted by Gasteiger charge is 2.44. The number of hydrogen-bond donors (Lipinski definition) is 1. The van der Waals surface area contributed by atoms with Gasteiger partial charge in [0.05, 0.1) is 24.6 Å². The maximum absolute atomic E-state index is 11.0. The van der Waals surface area contributed by atoms with Crippen LogP contribution in [0.2, 0.25) is 0 Å². The van der Waals surface area contributed by atoms with Crippen LogP contribution >= 0.6 is 0 Å². The van der Waals surface area contributed by atoms with Crippen LogP contribution in [0.3, 0.4) is 0 Å². The van der Waals surface area contributed by atoms with Crippen LogP contribution in [0.25, 0.3) is 0 Å². The highest BCUT2D eigenvalue weighted by Crippen LogP contribution is 2.28. The molecule has 0 unspecified atom stereocenters. The first-order valence-corrected chi connectivity index (χ1v) is 5.52. The smallest absolute Gasteiger partial charge is 0.302 e. The van der Waals surface area contributed by atoms with E-state index in [2.05, 4.69) is 0 Å². The normalized spacial score (nSPS) is 32.2. The van der Waals surface area contributed by atoms with Crippen LogP contribution in [0.4, 0.5) is 0 Å². The SMILES string of the molecule is B[C@@H]1O[C@H](CO)[C@@H](COC(C)=O)[C@H]1OC(C)=O. The standard InChI is InChI=1S/C10H17BO6/c1-5(13)15-4-7-8(3-12)17-10(11)9(7)16-6(2)14/h7-10,12H,3-4,11H2,1-2H3/t7-,8-,9-,10-/m1/s1. The zero-order valence-electron chi connectivity index (χ0n) is 10.2. The fraction of sp³-hybridized carbons (Fsp3) is 0.800. The average molecular weight is 244 g/mol. The summed E-state index contributed by atoms with van der Waals surface area (Å²) in [7, 11) is 1.75. The van der Waals surface area contributed by atoms with E-state index in [0.29, 0.717) is 0 Å². The molecule has 1 rings (SSSR count). The lowest BCUT2D eigenvalue weighted by atomic mass is 9.88. The highest BCUT2D eigenvalue weighted by molar-refractivity contribution is 6.11. The number of hydrogen-bond acceptors (Lipinski definition) is 6. The van der Waals surface area contributed by atoms with Gasteiger partial charge in [0.15, 0.2) is 0 Å². The molecule has 1 heterocycles. The number of aliphatic hydroxyl groups is 1. The van der Waals surface area contributed by atoms with E-state index in [1.165, 1.54) is 13.8 Å². The van der Waals surface area contributed by atoms with Gasteiger partial charge in [-0.05, 0) is 0 Å². The molecule has 0 aliphatic carbocycles. The van der Waals surface area contributed by atoms with E-state index in [9.17, 15) is 9.59 Å². The first-order valence-electron chi connectivity index (χ1n) is 5.52. The van der Waals surface area contributed by atoms with Crippen LogP contribution in [-0.2, 0) is 23.8 Å². The van der Waals surface area contributed by atoms with Crippen molar-refractivity contribution in [2.75, 3.05) is 13.2 Å². The van der Waals surface area contributed by atoms with E-state index in [1.807, 2.05) is 0 Å². The van der Waals surface area contributed by atoms with Gasteiger partial charge in [-0.25, -0.2) is 0 Å². The molecular formula is C10H17BO6. The highest BCUT2D eigenvalue weighted by atomic mass is 16.6. The largest absolute Gasteiger partial charge is 0.465 e. The topological polar surface area (TPSA) is 82.1 Å². The second-order valence-corrected chi connectivity index (χ2v) is 4.10. The number of esters is 2. The molecule has 1 aliphatic rings. The van der Waals surface area contributed by atoms with E-state index in [1.54, 1.807) is 7.85 Å². The summed E-state index contributed by atoms with van der Waals surface area (Å²) in [5.74, 6) is -1.16. The molecule has 0 aromatic rings. The third-order valence-corrected chi connectivity index (χ3v) is 2.71. The van der Waals surface area contributed by atoms with E-state index in [0.717, 1.165) is 0 Å². The number of carbonyl (C=O) groups excluding carboxylic acids is 2. The maximum atomic E-state index is 11.0. The molecule has 0 bridgehead atoms. The van der Waals surface area contributed by atoms with E-state index in [-0.39, 0.29) is 25.1 Å². The molecule has 0 saturated carbocycles. The number of rotatable bonds is 4. The summed E-state index contributed by atoms with van der Waals surface area (Å²) in [4.78, 5) is 21.7. The van der Waals surface area contributed by atoms with Gasteiger partial charge in [-0.2, -0.15) is 0 Å². The molecule has 7 heteroatoms. The summed E-state index contributed by atoms with van der Waals surface area (Å²) < 4.78 is 15.5. The first-order chi connectivity index (χ1) is 7.95. The molecule has 96 valence electrons. The Labute approximate surface area is 101 Å². The van der Waals surface area contributed by atoms with Crippen molar-refractivity contribution in [3.8, 4) is 0 Å². The molecule has 0 aromatic heterocycles. The van der Waals surface area contributed by atoms with Crippen molar-refractivity contribution < 1.29 is 28.9 Å². The van der Waals surface area contributed by atoms with Crippen molar-refractivity contribution >= 4 is 19.8 Å². The van der Waals surface area contributed by atoms with Crippen LogP contribution in [0, 0.1) is 5.92 Å². The summed E-state index contributed by atoms with van der Waals surface area (Å²) in [5, 5.41) is 9.17. The minimum absolute atomic E-state index is 0.0723. The molecule has 17 heavy (non-hydrogen) atoms. The number of aliphatic hydroxyl groups excluding tert-OH is 1. The molecule has 1 saturated heterocycles. The second kappa shape index (κ2) is 6.02. The van der Waals surface area contributed by atoms with Crippen molar-refractivity contribution in [3.05, 3.63) is 0 Å². The van der Waals surface area contributed by atoms with Gasteiger partial charge in [0.2, 0.25) is 0 Å². The van der Waals surface area contributed by atoms with Gasteiger partial charge in [-0.3, -0.25) is 9.59 Å². The third kappa shape index (κ3) is 3.71. The minimum Gasteiger partial charge on any atom is -0.465 e. The maximum Gasteiger partial charge on any atom is 0.302 e. The first kappa shape index (κ1) is 14.0. The Bertz CT molecular complexity index is 295. The van der Waals surface area contributed by atoms with Gasteiger partial charge in [0, 0.05) is 13.8 Å². The predicted molar refractivity (Wildman–Crippen MR) is 60.0 cm³/mol. The Hall–Kier alpha value is -1.08. The van der Waals surface area contributed by atoms with Crippen LogP contribution in [0.1, 0.15) is 13.8 Å². The summed E-state index contributed by atoms with van der Waals surface area (Å²) >= 11 is 0. The third-order valence-electron chi connectivity index (χ3n) is 2.71. The molecule has 1 aliphatic heterocycles. The van der Waals surface area contributed by atoms with Crippen LogP contribution in [0.5, 0.6) is 0 Å². The Morgan fingerprint density at radius 1 is 1.35 bits per heavy atom. The molecule has 1 N–H and O–H groups in total. The Morgan fingerprint density at radius 2 is 2.00 bits per heavy atom. The second-order valence-electron chi connectivity index (χ2n) is 4.10. The molecule has 0 amide bonds. The van der Waals surface area contributed by atoms with Crippen molar-refractivity contribution in [2.45, 2.75) is 32.1 Å². The summed E-state index contributed by atoms with van der Waals surface area (Å²) in [5.41, 5.74) is 0. The molecule has 0 spiro atoms. The average Bonchev–Trinajstić information content (AvgIpc) is 2.52. The molecular weight excluding hydrogens is 227 g/mol. The summed E-state index contributed by atoms with van der Waals surface area (Å²) in [6.07, 6.45) is -0.974. The zero-order chi connectivity index (χ0) is 13.0. The zero-order valence-corrected chi connectivity index (χ0v) is 10.2. The minimum atomic E-state index is -0.496. The summed E-state index contributed by atoms with van der Waals surface area (Å²) in [6.45, 7) is 2.48. The molecule has 0 radical (unpaired) electrons. The molecule has 6 nitrogen and oxygen atoms in total. The van der Waals surface area contributed by atoms with Crippen molar-refractivity contribution in [1.29, 1.82) is 0 Å². The Kier molecular flexibility index (Phi) is 4.95. The quantitative estimate of drug-likeness (QED) is 0.476. The number of ether oxygens (including phenoxy) is 3. The Balaban J connectivity index is 2.68. The molecule has 1 fully saturated rings. The van der Waals surface area contributed by atoms with Gasteiger partial charge >= 0.3 is 11.9 Å². The summed E-state index contributed by atoms with van der Waals surface area (Å²) in [6, 6.07) is -0.323. The van der Waals surface area contributed by atoms with Gasteiger partial charge < -0.3 is 19.3 Å². The van der Waals surface area contributed by atoms with Crippen molar-refractivity contribution in [2.24, 2.45) is 5.92 Å². The van der Waals surface area contributed by atoms with Gasteiger partial charge in [0.1, 0.15) is 20.6 Å². The lowest BCUT2D eigenvalue weighted by molar-refractivity contribution is -0.151. The lowest BCUT2D eigenvalue weighted by Crippen LogP contribution is -2.36. The lowest BCUT2D eigenvalue weighted by Gasteiger charge is -2.22. The molecule has 4 atom stereocenters. The fourth-order valence-electron chi connectivity index (χ4n) is 1.98. The van der Waals surface area contributed by atoms with Crippen LogP contribution in [-0.4, -0.2) is 56.3 Å². The van der Waals surface area contributed by atoms with E-state index >= 15 is 0 Å². The van der Waals surface area contributed by atoms with Crippen LogP contribution in [0.15, 0.2) is 0 Å². The van der Waals surface area contributed by atoms with Crippen molar-refractivity contribution in [3.63, 3.8) is 0 Å². The predicted octanol–water partition coefficient (Wildman–Crippen LogP) is -1.55. The van der Waals surface area contributed by atoms with E-state index < -0.39 is 24.1 Å².